The van der Waals surface area contributed by atoms with Gasteiger partial charge in [0, 0.05) is 18.2 Å². The van der Waals surface area contributed by atoms with Gasteiger partial charge in [0.15, 0.2) is 0 Å². The second kappa shape index (κ2) is 10.0. The van der Waals surface area contributed by atoms with Crippen LogP contribution in [0.3, 0.4) is 0 Å². The SMILES string of the molecule is COc1ccc(-n2nc(C(=O)NC[C@@H]3CCCO3)c(=O)n(Cc3cccc(Cl)c3)c2=O)cc1. The first-order valence-corrected chi connectivity index (χ1v) is 10.9. The van der Waals surface area contributed by atoms with Crippen LogP contribution in [0.1, 0.15) is 28.9 Å². The Bertz CT molecular complexity index is 1260. The zero-order valence-corrected chi connectivity index (χ0v) is 18.7. The van der Waals surface area contributed by atoms with Gasteiger partial charge in [0.05, 0.1) is 25.4 Å². The number of benzene rings is 2. The lowest BCUT2D eigenvalue weighted by Gasteiger charge is -2.14. The molecule has 0 saturated carbocycles. The molecule has 0 bridgehead atoms. The van der Waals surface area contributed by atoms with Gasteiger partial charge in [0.2, 0.25) is 5.69 Å². The van der Waals surface area contributed by atoms with E-state index in [1.807, 2.05) is 0 Å². The first kappa shape index (κ1) is 22.8. The average Bonchev–Trinajstić information content (AvgIpc) is 3.34. The van der Waals surface area contributed by atoms with Gasteiger partial charge in [0.25, 0.3) is 11.5 Å². The number of methoxy groups -OCH3 is 1. The summed E-state index contributed by atoms with van der Waals surface area (Å²) in [4.78, 5) is 39.2. The summed E-state index contributed by atoms with van der Waals surface area (Å²) < 4.78 is 12.7. The third kappa shape index (κ3) is 5.15. The van der Waals surface area contributed by atoms with Crippen molar-refractivity contribution in [3.05, 3.63) is 85.6 Å². The number of hydrogen-bond donors (Lipinski definition) is 1. The molecule has 1 atom stereocenters. The van der Waals surface area contributed by atoms with Crippen molar-refractivity contribution in [3.63, 3.8) is 0 Å². The van der Waals surface area contributed by atoms with Crippen LogP contribution in [0.5, 0.6) is 5.75 Å². The number of carbonyl (C=O) groups excluding carboxylic acids is 1. The van der Waals surface area contributed by atoms with E-state index in [1.54, 1.807) is 48.5 Å². The Labute approximate surface area is 194 Å². The lowest BCUT2D eigenvalue weighted by Crippen LogP contribution is -2.46. The highest BCUT2D eigenvalue weighted by Gasteiger charge is 2.22. The van der Waals surface area contributed by atoms with E-state index >= 15 is 0 Å². The summed E-state index contributed by atoms with van der Waals surface area (Å²) >= 11 is 6.06. The standard InChI is InChI=1S/C23H23ClN4O5/c1-32-18-9-7-17(8-10-18)28-23(31)27(14-15-4-2-5-16(24)12-15)22(30)20(26-28)21(29)25-13-19-6-3-11-33-19/h2,4-5,7-10,12,19H,3,6,11,13-14H2,1H3,(H,25,29)/t19-/m0/s1. The van der Waals surface area contributed by atoms with Crippen LogP contribution in [0.15, 0.2) is 58.1 Å². The van der Waals surface area contributed by atoms with Crippen LogP contribution in [-0.2, 0) is 11.3 Å². The van der Waals surface area contributed by atoms with Gasteiger partial charge in [-0.2, -0.15) is 9.78 Å². The fourth-order valence-corrected chi connectivity index (χ4v) is 3.81. The second-order valence-corrected chi connectivity index (χ2v) is 8.04. The molecule has 1 amide bonds. The van der Waals surface area contributed by atoms with E-state index in [0.717, 1.165) is 22.1 Å². The van der Waals surface area contributed by atoms with Crippen molar-refractivity contribution >= 4 is 17.5 Å². The second-order valence-electron chi connectivity index (χ2n) is 7.61. The van der Waals surface area contributed by atoms with Gasteiger partial charge in [-0.05, 0) is 54.8 Å². The summed E-state index contributed by atoms with van der Waals surface area (Å²) in [5.74, 6) is -0.0776. The highest BCUT2D eigenvalue weighted by Crippen LogP contribution is 2.14. The Morgan fingerprint density at radius 3 is 2.70 bits per heavy atom. The Balaban J connectivity index is 1.76. The molecule has 2 heterocycles. The van der Waals surface area contributed by atoms with Gasteiger partial charge in [-0.25, -0.2) is 4.79 Å². The molecular formula is C23H23ClN4O5. The zero-order valence-electron chi connectivity index (χ0n) is 18.0. The number of hydrogen-bond acceptors (Lipinski definition) is 6. The smallest absolute Gasteiger partial charge is 0.352 e. The van der Waals surface area contributed by atoms with Crippen molar-refractivity contribution in [2.75, 3.05) is 20.3 Å². The quantitative estimate of drug-likeness (QED) is 0.566. The maximum absolute atomic E-state index is 13.2. The lowest BCUT2D eigenvalue weighted by atomic mass is 10.2. The van der Waals surface area contributed by atoms with Crippen LogP contribution in [0, 0.1) is 0 Å². The molecule has 1 aliphatic rings. The number of nitrogens with one attached hydrogen (secondary N) is 1. The topological polar surface area (TPSA) is 104 Å². The number of halogens is 1. The van der Waals surface area contributed by atoms with E-state index in [0.29, 0.717) is 28.6 Å². The van der Waals surface area contributed by atoms with Crippen LogP contribution in [0.25, 0.3) is 5.69 Å². The summed E-state index contributed by atoms with van der Waals surface area (Å²) in [6, 6.07) is 13.4. The van der Waals surface area contributed by atoms with Gasteiger partial charge in [0.1, 0.15) is 5.75 Å². The third-order valence-electron chi connectivity index (χ3n) is 5.34. The molecule has 1 aliphatic heterocycles. The molecule has 0 radical (unpaired) electrons. The summed E-state index contributed by atoms with van der Waals surface area (Å²) in [5, 5.41) is 7.29. The molecule has 4 rings (SSSR count). The molecule has 1 saturated heterocycles. The van der Waals surface area contributed by atoms with Gasteiger partial charge < -0.3 is 14.8 Å². The van der Waals surface area contributed by atoms with Crippen molar-refractivity contribution in [1.29, 1.82) is 0 Å². The van der Waals surface area contributed by atoms with E-state index in [1.165, 1.54) is 7.11 Å². The molecule has 0 spiro atoms. The number of rotatable bonds is 7. The van der Waals surface area contributed by atoms with Crippen molar-refractivity contribution < 1.29 is 14.3 Å². The van der Waals surface area contributed by atoms with Crippen molar-refractivity contribution in [1.82, 2.24) is 19.7 Å². The maximum Gasteiger partial charge on any atom is 0.352 e. The van der Waals surface area contributed by atoms with E-state index in [9.17, 15) is 14.4 Å². The van der Waals surface area contributed by atoms with Crippen LogP contribution >= 0.6 is 11.6 Å². The maximum atomic E-state index is 13.2. The molecule has 0 aliphatic carbocycles. The van der Waals surface area contributed by atoms with Crippen LogP contribution in [-0.4, -0.2) is 46.6 Å². The van der Waals surface area contributed by atoms with E-state index < -0.39 is 17.2 Å². The number of carbonyl (C=O) groups is 1. The van der Waals surface area contributed by atoms with E-state index in [4.69, 9.17) is 21.1 Å². The molecule has 2 aromatic carbocycles. The normalized spacial score (nSPS) is 15.4. The third-order valence-corrected chi connectivity index (χ3v) is 5.57. The first-order chi connectivity index (χ1) is 16.0. The summed E-state index contributed by atoms with van der Waals surface area (Å²) in [6.45, 7) is 0.840. The highest BCUT2D eigenvalue weighted by molar-refractivity contribution is 6.30. The minimum Gasteiger partial charge on any atom is -0.497 e. The number of amides is 1. The Morgan fingerprint density at radius 1 is 1.24 bits per heavy atom. The summed E-state index contributed by atoms with van der Waals surface area (Å²) in [5.41, 5.74) is -0.824. The molecule has 172 valence electrons. The van der Waals surface area contributed by atoms with Gasteiger partial charge in [-0.1, -0.05) is 23.7 Å². The first-order valence-electron chi connectivity index (χ1n) is 10.5. The molecule has 33 heavy (non-hydrogen) atoms. The molecule has 0 unspecified atom stereocenters. The minimum absolute atomic E-state index is 0.0666. The molecule has 10 heteroatoms. The molecule has 1 fully saturated rings. The highest BCUT2D eigenvalue weighted by atomic mass is 35.5. The molecule has 1 aromatic heterocycles. The van der Waals surface area contributed by atoms with Gasteiger partial charge >= 0.3 is 5.69 Å². The van der Waals surface area contributed by atoms with Crippen LogP contribution < -0.4 is 21.3 Å². The summed E-state index contributed by atoms with van der Waals surface area (Å²) in [7, 11) is 1.53. The summed E-state index contributed by atoms with van der Waals surface area (Å²) in [6.07, 6.45) is 1.65. The van der Waals surface area contributed by atoms with E-state index in [-0.39, 0.29) is 24.9 Å². The molecule has 1 N–H and O–H groups in total. The predicted molar refractivity (Wildman–Crippen MR) is 123 cm³/mol. The Morgan fingerprint density at radius 2 is 2.03 bits per heavy atom. The lowest BCUT2D eigenvalue weighted by molar-refractivity contribution is 0.0849. The van der Waals surface area contributed by atoms with Crippen molar-refractivity contribution in [2.45, 2.75) is 25.5 Å². The Kier molecular flexibility index (Phi) is 6.90. The number of nitrogens with zero attached hydrogens (tertiary/aromatic N) is 3. The monoisotopic (exact) mass is 470 g/mol. The minimum atomic E-state index is -0.783. The average molecular weight is 471 g/mol. The molecule has 3 aromatic rings. The fraction of sp³-hybridized carbons (Fsp3) is 0.304. The van der Waals surface area contributed by atoms with Crippen LogP contribution in [0.2, 0.25) is 5.02 Å². The van der Waals surface area contributed by atoms with Crippen molar-refractivity contribution in [3.8, 4) is 11.4 Å². The Hall–Kier alpha value is -3.43. The van der Waals surface area contributed by atoms with Crippen molar-refractivity contribution in [2.24, 2.45) is 0 Å². The molecular weight excluding hydrogens is 448 g/mol. The number of ether oxygens (including phenoxy) is 2. The molecule has 9 nitrogen and oxygen atoms in total. The zero-order chi connectivity index (χ0) is 23.4. The predicted octanol–water partition coefficient (Wildman–Crippen LogP) is 2.01. The van der Waals surface area contributed by atoms with E-state index in [2.05, 4.69) is 10.4 Å². The van der Waals surface area contributed by atoms with Crippen LogP contribution in [0.4, 0.5) is 0 Å². The largest absolute Gasteiger partial charge is 0.497 e. The van der Waals surface area contributed by atoms with Gasteiger partial charge in [-0.3, -0.25) is 14.2 Å². The number of aromatic nitrogens is 3. The fourth-order valence-electron chi connectivity index (χ4n) is 3.60. The van der Waals surface area contributed by atoms with Gasteiger partial charge in [-0.15, -0.1) is 0 Å².